The molecule has 1 N–H and O–H groups in total. The van der Waals surface area contributed by atoms with Crippen molar-refractivity contribution in [2.75, 3.05) is 0 Å². The van der Waals surface area contributed by atoms with E-state index in [9.17, 15) is 4.39 Å². The van der Waals surface area contributed by atoms with Gasteiger partial charge < -0.3 is 5.11 Å². The van der Waals surface area contributed by atoms with Gasteiger partial charge in [0.2, 0.25) is 0 Å². The van der Waals surface area contributed by atoms with E-state index >= 15 is 0 Å². The third-order valence-corrected chi connectivity index (χ3v) is 3.69. The predicted molar refractivity (Wildman–Crippen MR) is 55.4 cm³/mol. The fourth-order valence-corrected chi connectivity index (χ4v) is 2.70. The zero-order valence-corrected chi connectivity index (χ0v) is 8.95. The molecule has 2 aromatic rings. The standard InChI is InChI=1S/C9H6BrFOS/c10-9-6-3-5(4-12)13-8(6)2-1-7(9)11/h1-3,12H,4H2. The van der Waals surface area contributed by atoms with Gasteiger partial charge in [-0.1, -0.05) is 0 Å². The number of hydrogen-bond donors (Lipinski definition) is 1. The summed E-state index contributed by atoms with van der Waals surface area (Å²) >= 11 is 4.65. The van der Waals surface area contributed by atoms with Gasteiger partial charge in [-0.05, 0) is 34.1 Å². The van der Waals surface area contributed by atoms with Crippen molar-refractivity contribution in [1.82, 2.24) is 0 Å². The summed E-state index contributed by atoms with van der Waals surface area (Å²) in [6.07, 6.45) is 0. The molecular formula is C9H6BrFOS. The van der Waals surface area contributed by atoms with E-state index in [-0.39, 0.29) is 12.4 Å². The number of aliphatic hydroxyl groups is 1. The lowest BCUT2D eigenvalue weighted by Crippen LogP contribution is -1.75. The number of aliphatic hydroxyl groups excluding tert-OH is 1. The Kier molecular flexibility index (Phi) is 2.36. The molecule has 0 bridgehead atoms. The molecule has 13 heavy (non-hydrogen) atoms. The van der Waals surface area contributed by atoms with Gasteiger partial charge in [-0.3, -0.25) is 0 Å². The molecule has 2 rings (SSSR count). The van der Waals surface area contributed by atoms with Gasteiger partial charge in [0.05, 0.1) is 11.1 Å². The van der Waals surface area contributed by atoms with E-state index < -0.39 is 0 Å². The quantitative estimate of drug-likeness (QED) is 0.835. The van der Waals surface area contributed by atoms with Crippen LogP contribution in [0.4, 0.5) is 4.39 Å². The van der Waals surface area contributed by atoms with E-state index in [1.807, 2.05) is 0 Å². The number of benzene rings is 1. The maximum atomic E-state index is 13.1. The van der Waals surface area contributed by atoms with E-state index in [0.717, 1.165) is 15.0 Å². The van der Waals surface area contributed by atoms with Crippen LogP contribution < -0.4 is 0 Å². The average molecular weight is 261 g/mol. The number of thiophene rings is 1. The SMILES string of the molecule is OCc1cc2c(Br)c(F)ccc2s1. The number of hydrogen-bond acceptors (Lipinski definition) is 2. The molecule has 1 heterocycles. The lowest BCUT2D eigenvalue weighted by atomic mass is 10.2. The fourth-order valence-electron chi connectivity index (χ4n) is 1.18. The summed E-state index contributed by atoms with van der Waals surface area (Å²) in [5.74, 6) is -0.269. The number of halogens is 2. The molecule has 0 saturated carbocycles. The molecule has 0 spiro atoms. The highest BCUT2D eigenvalue weighted by Gasteiger charge is 2.07. The Bertz CT molecular complexity index is 452. The monoisotopic (exact) mass is 260 g/mol. The summed E-state index contributed by atoms with van der Waals surface area (Å²) in [5, 5.41) is 9.73. The topological polar surface area (TPSA) is 20.2 Å². The number of rotatable bonds is 1. The fraction of sp³-hybridized carbons (Fsp3) is 0.111. The molecule has 68 valence electrons. The third-order valence-electron chi connectivity index (χ3n) is 1.79. The Morgan fingerprint density at radius 1 is 1.46 bits per heavy atom. The maximum Gasteiger partial charge on any atom is 0.138 e. The molecule has 0 saturated heterocycles. The summed E-state index contributed by atoms with van der Waals surface area (Å²) < 4.78 is 14.5. The Morgan fingerprint density at radius 2 is 2.23 bits per heavy atom. The summed E-state index contributed by atoms with van der Waals surface area (Å²) in [5.41, 5.74) is 0. The molecule has 1 aromatic heterocycles. The van der Waals surface area contributed by atoms with Gasteiger partial charge in [-0.2, -0.15) is 0 Å². The van der Waals surface area contributed by atoms with Crippen LogP contribution in [0.15, 0.2) is 22.7 Å². The van der Waals surface area contributed by atoms with Crippen molar-refractivity contribution in [3.63, 3.8) is 0 Å². The van der Waals surface area contributed by atoms with Gasteiger partial charge in [-0.15, -0.1) is 11.3 Å². The highest BCUT2D eigenvalue weighted by Crippen LogP contribution is 2.32. The Balaban J connectivity index is 2.76. The first-order chi connectivity index (χ1) is 6.22. The molecule has 0 radical (unpaired) electrons. The molecule has 0 fully saturated rings. The van der Waals surface area contributed by atoms with E-state index in [1.165, 1.54) is 17.4 Å². The normalized spacial score (nSPS) is 11.0. The lowest BCUT2D eigenvalue weighted by Gasteiger charge is -1.94. The molecular weight excluding hydrogens is 255 g/mol. The van der Waals surface area contributed by atoms with Crippen LogP contribution in [0.25, 0.3) is 10.1 Å². The average Bonchev–Trinajstić information content (AvgIpc) is 2.55. The highest BCUT2D eigenvalue weighted by atomic mass is 79.9. The molecule has 0 aliphatic carbocycles. The zero-order chi connectivity index (χ0) is 9.42. The van der Waals surface area contributed by atoms with Gasteiger partial charge in [-0.25, -0.2) is 4.39 Å². The van der Waals surface area contributed by atoms with Gasteiger partial charge in [0.25, 0.3) is 0 Å². The van der Waals surface area contributed by atoms with Gasteiger partial charge in [0, 0.05) is 15.0 Å². The van der Waals surface area contributed by atoms with Crippen molar-refractivity contribution < 1.29 is 9.50 Å². The Hall–Kier alpha value is -0.450. The van der Waals surface area contributed by atoms with E-state index in [1.54, 1.807) is 12.1 Å². The summed E-state index contributed by atoms with van der Waals surface area (Å²) in [6.45, 7) is 0.00735. The van der Waals surface area contributed by atoms with Crippen LogP contribution in [0.5, 0.6) is 0 Å². The largest absolute Gasteiger partial charge is 0.391 e. The van der Waals surface area contributed by atoms with Gasteiger partial charge >= 0.3 is 0 Å². The van der Waals surface area contributed by atoms with Crippen molar-refractivity contribution in [2.24, 2.45) is 0 Å². The van der Waals surface area contributed by atoms with Crippen molar-refractivity contribution >= 4 is 37.4 Å². The smallest absolute Gasteiger partial charge is 0.138 e. The second kappa shape index (κ2) is 3.36. The summed E-state index contributed by atoms with van der Waals surface area (Å²) in [4.78, 5) is 0.848. The predicted octanol–water partition coefficient (Wildman–Crippen LogP) is 3.30. The first-order valence-corrected chi connectivity index (χ1v) is 5.30. The van der Waals surface area contributed by atoms with Crippen LogP contribution >= 0.6 is 27.3 Å². The first-order valence-electron chi connectivity index (χ1n) is 3.69. The Morgan fingerprint density at radius 3 is 2.92 bits per heavy atom. The molecule has 0 atom stereocenters. The molecule has 0 aliphatic rings. The molecule has 0 unspecified atom stereocenters. The molecule has 0 amide bonds. The highest BCUT2D eigenvalue weighted by molar-refractivity contribution is 9.10. The molecule has 1 aromatic carbocycles. The van der Waals surface area contributed by atoms with Crippen LogP contribution in [0, 0.1) is 5.82 Å². The van der Waals surface area contributed by atoms with Gasteiger partial charge in [0.15, 0.2) is 0 Å². The van der Waals surface area contributed by atoms with Crippen LogP contribution in [0.2, 0.25) is 0 Å². The minimum Gasteiger partial charge on any atom is -0.391 e. The second-order valence-electron chi connectivity index (χ2n) is 2.64. The second-order valence-corrected chi connectivity index (χ2v) is 4.61. The maximum absolute atomic E-state index is 13.1. The van der Waals surface area contributed by atoms with E-state index in [0.29, 0.717) is 4.47 Å². The summed E-state index contributed by atoms with van der Waals surface area (Å²) in [6, 6.07) is 4.94. The molecule has 1 nitrogen and oxygen atoms in total. The molecule has 4 heteroatoms. The van der Waals surface area contributed by atoms with Crippen LogP contribution in [-0.4, -0.2) is 5.11 Å². The van der Waals surface area contributed by atoms with Crippen LogP contribution in [0.1, 0.15) is 4.88 Å². The number of fused-ring (bicyclic) bond motifs is 1. The third kappa shape index (κ3) is 1.49. The van der Waals surface area contributed by atoms with Crippen molar-refractivity contribution in [1.29, 1.82) is 0 Å². The minimum atomic E-state index is -0.269. The first kappa shape index (κ1) is 9.12. The Labute approximate surface area is 86.9 Å². The van der Waals surface area contributed by atoms with E-state index in [4.69, 9.17) is 5.11 Å². The zero-order valence-electron chi connectivity index (χ0n) is 6.55. The minimum absolute atomic E-state index is 0.00735. The van der Waals surface area contributed by atoms with Crippen LogP contribution in [-0.2, 0) is 6.61 Å². The van der Waals surface area contributed by atoms with Crippen LogP contribution in [0.3, 0.4) is 0 Å². The van der Waals surface area contributed by atoms with Crippen molar-refractivity contribution in [3.8, 4) is 0 Å². The lowest BCUT2D eigenvalue weighted by molar-refractivity contribution is 0.285. The van der Waals surface area contributed by atoms with Crippen molar-refractivity contribution in [3.05, 3.63) is 33.4 Å². The molecule has 0 aliphatic heterocycles. The summed E-state index contributed by atoms with van der Waals surface area (Å²) in [7, 11) is 0. The van der Waals surface area contributed by atoms with E-state index in [2.05, 4.69) is 15.9 Å². The van der Waals surface area contributed by atoms with Gasteiger partial charge in [0.1, 0.15) is 5.82 Å². The van der Waals surface area contributed by atoms with Crippen molar-refractivity contribution in [2.45, 2.75) is 6.61 Å².